The van der Waals surface area contributed by atoms with Crippen LogP contribution < -0.4 is 0 Å². The largest absolute Gasteiger partial charge is 0.332 e. The number of aromatic nitrogens is 3. The summed E-state index contributed by atoms with van der Waals surface area (Å²) in [5.74, 6) is -1.63. The normalized spacial score (nSPS) is 14.2. The number of carbonyl (C=O) groups is 1. The fourth-order valence-corrected chi connectivity index (χ4v) is 3.17. The Morgan fingerprint density at radius 2 is 2.00 bits per heavy atom. The Hall–Kier alpha value is -3.79. The van der Waals surface area contributed by atoms with Crippen molar-refractivity contribution in [2.45, 2.75) is 6.04 Å². The minimum absolute atomic E-state index is 0.0576. The van der Waals surface area contributed by atoms with Crippen molar-refractivity contribution in [3.05, 3.63) is 71.8 Å². The number of pyridine rings is 1. The zero-order valence-corrected chi connectivity index (χ0v) is 14.9. The molecular weight excluding hydrogens is 357 g/mol. The van der Waals surface area contributed by atoms with Crippen LogP contribution in [0.1, 0.15) is 22.9 Å². The molecule has 1 aromatic carbocycles. The van der Waals surface area contributed by atoms with Gasteiger partial charge in [-0.25, -0.2) is 14.1 Å². The summed E-state index contributed by atoms with van der Waals surface area (Å²) in [6, 6.07) is 13.1. The van der Waals surface area contributed by atoms with Gasteiger partial charge in [-0.1, -0.05) is 24.8 Å². The smallest absolute Gasteiger partial charge is 0.282 e. The van der Waals surface area contributed by atoms with Gasteiger partial charge in [-0.15, -0.1) is 0 Å². The van der Waals surface area contributed by atoms with Crippen LogP contribution in [0.4, 0.5) is 4.39 Å². The maximum absolute atomic E-state index is 13.0. The molecule has 0 aliphatic carbocycles. The Morgan fingerprint density at radius 1 is 1.25 bits per heavy atom. The summed E-state index contributed by atoms with van der Waals surface area (Å²) in [5.41, 5.74) is 3.04. The molecule has 138 valence electrons. The second-order valence-corrected chi connectivity index (χ2v) is 6.54. The SMILES string of the molecule is C=C(F)C(=O)N1CC(n2nc(C=Cc3ccc(C#N)cc3)c3cccnc32)C1. The van der Waals surface area contributed by atoms with E-state index in [-0.39, 0.29) is 6.04 Å². The molecule has 0 spiro atoms. The van der Waals surface area contributed by atoms with Gasteiger partial charge in [0, 0.05) is 24.7 Å². The average Bonchev–Trinajstić information content (AvgIpc) is 3.04. The maximum Gasteiger partial charge on any atom is 0.282 e. The van der Waals surface area contributed by atoms with E-state index in [9.17, 15) is 9.18 Å². The molecule has 6 nitrogen and oxygen atoms in total. The Labute approximate surface area is 160 Å². The molecule has 0 radical (unpaired) electrons. The first-order chi connectivity index (χ1) is 13.6. The molecule has 7 heteroatoms. The van der Waals surface area contributed by atoms with Crippen LogP contribution in [0.3, 0.4) is 0 Å². The van der Waals surface area contributed by atoms with Crippen molar-refractivity contribution in [3.8, 4) is 6.07 Å². The van der Waals surface area contributed by atoms with Crippen molar-refractivity contribution in [3.63, 3.8) is 0 Å². The number of likely N-dealkylation sites (tertiary alicyclic amines) is 1. The molecule has 1 aliphatic rings. The van der Waals surface area contributed by atoms with Gasteiger partial charge in [0.15, 0.2) is 11.5 Å². The van der Waals surface area contributed by atoms with Gasteiger partial charge < -0.3 is 4.90 Å². The molecule has 3 aromatic rings. The van der Waals surface area contributed by atoms with Gasteiger partial charge in [-0.2, -0.15) is 10.4 Å². The van der Waals surface area contributed by atoms with Crippen LogP contribution in [0.15, 0.2) is 55.0 Å². The van der Waals surface area contributed by atoms with Gasteiger partial charge in [0.1, 0.15) is 0 Å². The van der Waals surface area contributed by atoms with Crippen LogP contribution in [0.2, 0.25) is 0 Å². The molecular formula is C21H16FN5O. The van der Waals surface area contributed by atoms with Crippen molar-refractivity contribution in [1.29, 1.82) is 5.26 Å². The molecule has 1 aliphatic heterocycles. The van der Waals surface area contributed by atoms with Crippen LogP contribution in [0, 0.1) is 11.3 Å². The lowest BCUT2D eigenvalue weighted by Gasteiger charge is -2.38. The number of fused-ring (bicyclic) bond motifs is 1. The highest BCUT2D eigenvalue weighted by atomic mass is 19.1. The Morgan fingerprint density at radius 3 is 2.68 bits per heavy atom. The monoisotopic (exact) mass is 373 g/mol. The summed E-state index contributed by atoms with van der Waals surface area (Å²) in [6.45, 7) is 3.79. The van der Waals surface area contributed by atoms with Gasteiger partial charge in [-0.3, -0.25) is 4.79 Å². The third kappa shape index (κ3) is 3.16. The summed E-state index contributed by atoms with van der Waals surface area (Å²) < 4.78 is 14.8. The Balaban J connectivity index is 1.60. The lowest BCUT2D eigenvalue weighted by molar-refractivity contribution is -0.134. The number of hydrogen-bond donors (Lipinski definition) is 0. The highest BCUT2D eigenvalue weighted by Gasteiger charge is 2.35. The maximum atomic E-state index is 13.0. The third-order valence-electron chi connectivity index (χ3n) is 4.70. The van der Waals surface area contributed by atoms with Gasteiger partial charge >= 0.3 is 0 Å². The van der Waals surface area contributed by atoms with Crippen molar-refractivity contribution in [2.24, 2.45) is 0 Å². The molecule has 3 heterocycles. The molecule has 0 unspecified atom stereocenters. The molecule has 1 saturated heterocycles. The van der Waals surface area contributed by atoms with E-state index in [4.69, 9.17) is 5.26 Å². The van der Waals surface area contributed by atoms with E-state index in [1.165, 1.54) is 4.90 Å². The minimum atomic E-state index is -0.951. The van der Waals surface area contributed by atoms with Crippen molar-refractivity contribution >= 4 is 29.1 Å². The fraction of sp³-hybridized carbons (Fsp3) is 0.143. The van der Waals surface area contributed by atoms with Crippen LogP contribution in [0.5, 0.6) is 0 Å². The first-order valence-electron chi connectivity index (χ1n) is 8.72. The summed E-state index contributed by atoms with van der Waals surface area (Å²) in [4.78, 5) is 17.5. The standard InChI is InChI=1S/C21H16FN5O/c1-14(22)21(28)26-12-17(13-26)27-20-18(3-2-10-24-20)19(25-27)9-8-15-4-6-16(11-23)7-5-15/h2-10,17H,1,12-13H2. The number of hydrogen-bond acceptors (Lipinski definition) is 4. The Kier molecular flexibility index (Phi) is 4.45. The van der Waals surface area contributed by atoms with Gasteiger partial charge in [-0.05, 0) is 35.9 Å². The predicted molar refractivity (Wildman–Crippen MR) is 103 cm³/mol. The van der Waals surface area contributed by atoms with E-state index >= 15 is 0 Å². The number of nitriles is 1. The van der Waals surface area contributed by atoms with Crippen molar-refractivity contribution < 1.29 is 9.18 Å². The second kappa shape index (κ2) is 7.08. The van der Waals surface area contributed by atoms with E-state index in [0.29, 0.717) is 18.7 Å². The van der Waals surface area contributed by atoms with Crippen molar-refractivity contribution in [1.82, 2.24) is 19.7 Å². The molecule has 0 N–H and O–H groups in total. The van der Waals surface area contributed by atoms with Crippen molar-refractivity contribution in [2.75, 3.05) is 13.1 Å². The topological polar surface area (TPSA) is 74.8 Å². The van der Waals surface area contributed by atoms with Crippen LogP contribution in [-0.4, -0.2) is 38.7 Å². The molecule has 4 rings (SSSR count). The van der Waals surface area contributed by atoms with Crippen LogP contribution >= 0.6 is 0 Å². The van der Waals surface area contributed by atoms with Gasteiger partial charge in [0.2, 0.25) is 0 Å². The quantitative estimate of drug-likeness (QED) is 0.658. The number of amides is 1. The molecule has 0 bridgehead atoms. The average molecular weight is 373 g/mol. The zero-order chi connectivity index (χ0) is 19.7. The molecule has 0 saturated carbocycles. The van der Waals surface area contributed by atoms with Crippen LogP contribution in [0.25, 0.3) is 23.2 Å². The predicted octanol–water partition coefficient (Wildman–Crippen LogP) is 3.34. The lowest BCUT2D eigenvalue weighted by Crippen LogP contribution is -2.51. The molecule has 0 atom stereocenters. The van der Waals surface area contributed by atoms with E-state index in [1.54, 1.807) is 23.0 Å². The molecule has 28 heavy (non-hydrogen) atoms. The van der Waals surface area contributed by atoms with E-state index in [1.807, 2.05) is 36.4 Å². The number of nitrogens with zero attached hydrogens (tertiary/aromatic N) is 5. The van der Waals surface area contributed by atoms with Gasteiger partial charge in [0.05, 0.1) is 23.4 Å². The summed E-state index contributed by atoms with van der Waals surface area (Å²) >= 11 is 0. The van der Waals surface area contributed by atoms with Crippen LogP contribution in [-0.2, 0) is 4.79 Å². The number of halogens is 1. The molecule has 2 aromatic heterocycles. The third-order valence-corrected chi connectivity index (χ3v) is 4.70. The number of benzene rings is 1. The highest BCUT2D eigenvalue weighted by molar-refractivity contribution is 5.91. The summed E-state index contributed by atoms with van der Waals surface area (Å²) in [6.07, 6.45) is 5.51. The molecule has 1 fully saturated rings. The number of rotatable bonds is 4. The first-order valence-corrected chi connectivity index (χ1v) is 8.72. The Bertz CT molecular complexity index is 1130. The fourth-order valence-electron chi connectivity index (χ4n) is 3.17. The van der Waals surface area contributed by atoms with E-state index < -0.39 is 11.7 Å². The number of carbonyl (C=O) groups excluding carboxylic acids is 1. The summed E-state index contributed by atoms with van der Waals surface area (Å²) in [7, 11) is 0. The van der Waals surface area contributed by atoms with E-state index in [0.717, 1.165) is 22.3 Å². The summed E-state index contributed by atoms with van der Waals surface area (Å²) in [5, 5.41) is 14.4. The zero-order valence-electron chi connectivity index (χ0n) is 14.9. The first kappa shape index (κ1) is 17.6. The lowest BCUT2D eigenvalue weighted by atomic mass is 10.1. The minimum Gasteiger partial charge on any atom is -0.332 e. The molecule has 1 amide bonds. The highest BCUT2D eigenvalue weighted by Crippen LogP contribution is 2.28. The second-order valence-electron chi connectivity index (χ2n) is 6.54. The van der Waals surface area contributed by atoms with E-state index in [2.05, 4.69) is 22.7 Å². The van der Waals surface area contributed by atoms with Gasteiger partial charge in [0.25, 0.3) is 5.91 Å².